The maximum Gasteiger partial charge on any atom is 0.253 e. The lowest BCUT2D eigenvalue weighted by Crippen LogP contribution is -2.45. The summed E-state index contributed by atoms with van der Waals surface area (Å²) in [7, 11) is 0. The average molecular weight is 344 g/mol. The van der Waals surface area contributed by atoms with Crippen molar-refractivity contribution in [3.63, 3.8) is 0 Å². The summed E-state index contributed by atoms with van der Waals surface area (Å²) in [6.07, 6.45) is 4.99. The molecular weight excluding hydrogens is 310 g/mol. The lowest BCUT2D eigenvalue weighted by Gasteiger charge is -2.35. The molecule has 0 aromatic heterocycles. The summed E-state index contributed by atoms with van der Waals surface area (Å²) in [5.41, 5.74) is 3.08. The zero-order chi connectivity index (χ0) is 17.8. The molecule has 0 aliphatic carbocycles. The van der Waals surface area contributed by atoms with Crippen molar-refractivity contribution in [2.75, 3.05) is 37.6 Å². The summed E-state index contributed by atoms with van der Waals surface area (Å²) in [4.78, 5) is 17.7. The van der Waals surface area contributed by atoms with E-state index in [0.717, 1.165) is 55.5 Å². The largest absolute Gasteiger partial charge is 0.371 e. The highest BCUT2D eigenvalue weighted by atomic mass is 16.1. The molecule has 3 rings (SSSR count). The summed E-state index contributed by atoms with van der Waals surface area (Å²) in [5, 5.41) is 3.19. The summed E-state index contributed by atoms with van der Waals surface area (Å²) in [6, 6.07) is 6.67. The molecule has 138 valence electrons. The Morgan fingerprint density at radius 1 is 1.20 bits per heavy atom. The second kappa shape index (κ2) is 8.22. The van der Waals surface area contributed by atoms with Crippen LogP contribution in [0.4, 0.5) is 5.69 Å². The molecule has 1 atom stereocenters. The Bertz CT molecular complexity index is 587. The predicted octanol–water partition coefficient (Wildman–Crippen LogP) is 3.45. The number of rotatable bonds is 5. The zero-order valence-corrected chi connectivity index (χ0v) is 16.1. The van der Waals surface area contributed by atoms with Crippen LogP contribution in [-0.4, -0.2) is 49.6 Å². The van der Waals surface area contributed by atoms with Gasteiger partial charge in [0.1, 0.15) is 0 Å². The van der Waals surface area contributed by atoms with E-state index in [0.29, 0.717) is 6.04 Å². The van der Waals surface area contributed by atoms with Gasteiger partial charge in [-0.1, -0.05) is 18.6 Å². The van der Waals surface area contributed by atoms with Gasteiger partial charge in [-0.15, -0.1) is 0 Å². The third-order valence-corrected chi connectivity index (χ3v) is 5.84. The molecular formula is C21H33N3O. The zero-order valence-electron chi connectivity index (χ0n) is 16.1. The summed E-state index contributed by atoms with van der Waals surface area (Å²) >= 11 is 0. The van der Waals surface area contributed by atoms with Gasteiger partial charge in [0, 0.05) is 31.4 Å². The number of amides is 1. The van der Waals surface area contributed by atoms with Gasteiger partial charge in [-0.25, -0.2) is 0 Å². The standard InChI is InChI=1S/C21H33N3O/c1-16-8-12-23(13-9-16)18(3)15-22-21(25)19-14-17(2)6-7-20(19)24-10-4-5-11-24/h6-7,14,16,18H,4-5,8-13,15H2,1-3H3,(H,22,25). The van der Waals surface area contributed by atoms with Gasteiger partial charge in [-0.2, -0.15) is 0 Å². The highest BCUT2D eigenvalue weighted by Crippen LogP contribution is 2.26. The van der Waals surface area contributed by atoms with Crippen molar-refractivity contribution in [2.24, 2.45) is 5.92 Å². The smallest absolute Gasteiger partial charge is 0.253 e. The lowest BCUT2D eigenvalue weighted by molar-refractivity contribution is 0.0922. The Hall–Kier alpha value is -1.55. The van der Waals surface area contributed by atoms with Crippen LogP contribution in [0.1, 0.15) is 55.5 Å². The number of anilines is 1. The number of carbonyl (C=O) groups is 1. The van der Waals surface area contributed by atoms with Gasteiger partial charge in [-0.3, -0.25) is 9.69 Å². The molecule has 0 bridgehead atoms. The highest BCUT2D eigenvalue weighted by molar-refractivity contribution is 6.00. The molecule has 4 nitrogen and oxygen atoms in total. The molecule has 0 radical (unpaired) electrons. The van der Waals surface area contributed by atoms with Crippen molar-refractivity contribution < 1.29 is 4.79 Å². The first-order valence-electron chi connectivity index (χ1n) is 9.92. The molecule has 2 saturated heterocycles. The van der Waals surface area contributed by atoms with Crippen molar-refractivity contribution in [3.8, 4) is 0 Å². The summed E-state index contributed by atoms with van der Waals surface area (Å²) < 4.78 is 0. The Labute approximate surface area is 152 Å². The first-order valence-corrected chi connectivity index (χ1v) is 9.92. The first kappa shape index (κ1) is 18.2. The van der Waals surface area contributed by atoms with Crippen LogP contribution in [0.25, 0.3) is 0 Å². The van der Waals surface area contributed by atoms with E-state index in [1.165, 1.54) is 25.7 Å². The van der Waals surface area contributed by atoms with E-state index in [4.69, 9.17) is 0 Å². The molecule has 1 aromatic carbocycles. The topological polar surface area (TPSA) is 35.6 Å². The molecule has 1 N–H and O–H groups in total. The first-order chi connectivity index (χ1) is 12.0. The number of piperidine rings is 1. The third-order valence-electron chi connectivity index (χ3n) is 5.84. The normalized spacial score (nSPS) is 20.7. The van der Waals surface area contributed by atoms with Gasteiger partial charge in [0.05, 0.1) is 5.56 Å². The monoisotopic (exact) mass is 343 g/mol. The quantitative estimate of drug-likeness (QED) is 0.889. The molecule has 2 aliphatic heterocycles. The Balaban J connectivity index is 1.61. The van der Waals surface area contributed by atoms with Gasteiger partial charge >= 0.3 is 0 Å². The molecule has 2 heterocycles. The second-order valence-corrected chi connectivity index (χ2v) is 7.99. The fourth-order valence-electron chi connectivity index (χ4n) is 4.00. The van der Waals surface area contributed by atoms with Crippen molar-refractivity contribution in [1.29, 1.82) is 0 Å². The lowest BCUT2D eigenvalue weighted by atomic mass is 9.98. The van der Waals surface area contributed by atoms with Crippen LogP contribution in [-0.2, 0) is 0 Å². The minimum atomic E-state index is 0.0721. The Morgan fingerprint density at radius 2 is 1.88 bits per heavy atom. The Kier molecular flexibility index (Phi) is 6.00. The van der Waals surface area contributed by atoms with Crippen LogP contribution in [0, 0.1) is 12.8 Å². The molecule has 0 spiro atoms. The molecule has 2 aliphatic rings. The van der Waals surface area contributed by atoms with Crippen LogP contribution in [0.5, 0.6) is 0 Å². The van der Waals surface area contributed by atoms with E-state index in [1.54, 1.807) is 0 Å². The van der Waals surface area contributed by atoms with E-state index >= 15 is 0 Å². The van der Waals surface area contributed by atoms with Gasteiger partial charge in [-0.05, 0) is 70.7 Å². The van der Waals surface area contributed by atoms with Crippen LogP contribution in [0.3, 0.4) is 0 Å². The number of nitrogens with zero attached hydrogens (tertiary/aromatic N) is 2. The average Bonchev–Trinajstić information content (AvgIpc) is 3.14. The number of benzene rings is 1. The molecule has 25 heavy (non-hydrogen) atoms. The molecule has 1 aromatic rings. The van der Waals surface area contributed by atoms with Crippen molar-refractivity contribution >= 4 is 11.6 Å². The van der Waals surface area contributed by atoms with Gasteiger partial charge < -0.3 is 10.2 Å². The maximum absolute atomic E-state index is 12.9. The number of aryl methyl sites for hydroxylation is 1. The minimum Gasteiger partial charge on any atom is -0.371 e. The van der Waals surface area contributed by atoms with Crippen LogP contribution in [0.15, 0.2) is 18.2 Å². The van der Waals surface area contributed by atoms with E-state index < -0.39 is 0 Å². The molecule has 1 amide bonds. The number of carbonyl (C=O) groups excluding carboxylic acids is 1. The van der Waals surface area contributed by atoms with Crippen LogP contribution < -0.4 is 10.2 Å². The SMILES string of the molecule is Cc1ccc(N2CCCC2)c(C(=O)NCC(C)N2CCC(C)CC2)c1. The fourth-order valence-corrected chi connectivity index (χ4v) is 4.00. The molecule has 2 fully saturated rings. The summed E-state index contributed by atoms with van der Waals surface area (Å²) in [5.74, 6) is 0.913. The van der Waals surface area contributed by atoms with Crippen LogP contribution in [0.2, 0.25) is 0 Å². The summed E-state index contributed by atoms with van der Waals surface area (Å²) in [6.45, 7) is 11.8. The van der Waals surface area contributed by atoms with Gasteiger partial charge in [0.15, 0.2) is 0 Å². The number of nitrogens with one attached hydrogen (secondary N) is 1. The number of likely N-dealkylation sites (tertiary alicyclic amines) is 1. The van der Waals surface area contributed by atoms with E-state index in [1.807, 2.05) is 6.07 Å². The van der Waals surface area contributed by atoms with Gasteiger partial charge in [0.2, 0.25) is 0 Å². The maximum atomic E-state index is 12.9. The third kappa shape index (κ3) is 4.55. The van der Waals surface area contributed by atoms with Crippen molar-refractivity contribution in [3.05, 3.63) is 29.3 Å². The predicted molar refractivity (Wildman–Crippen MR) is 104 cm³/mol. The molecule has 4 heteroatoms. The molecule has 1 unspecified atom stereocenters. The molecule has 0 saturated carbocycles. The fraction of sp³-hybridized carbons (Fsp3) is 0.667. The van der Waals surface area contributed by atoms with Crippen molar-refractivity contribution in [1.82, 2.24) is 10.2 Å². The second-order valence-electron chi connectivity index (χ2n) is 7.99. The van der Waals surface area contributed by atoms with E-state index in [-0.39, 0.29) is 5.91 Å². The van der Waals surface area contributed by atoms with E-state index in [9.17, 15) is 4.79 Å². The van der Waals surface area contributed by atoms with E-state index in [2.05, 4.69) is 48.0 Å². The van der Waals surface area contributed by atoms with Gasteiger partial charge in [0.25, 0.3) is 5.91 Å². The minimum absolute atomic E-state index is 0.0721. The number of hydrogen-bond donors (Lipinski definition) is 1. The Morgan fingerprint density at radius 3 is 2.56 bits per heavy atom. The number of hydrogen-bond acceptors (Lipinski definition) is 3. The van der Waals surface area contributed by atoms with Crippen molar-refractivity contribution in [2.45, 2.75) is 52.5 Å². The highest BCUT2D eigenvalue weighted by Gasteiger charge is 2.23. The van der Waals surface area contributed by atoms with Crippen LogP contribution >= 0.6 is 0 Å².